The summed E-state index contributed by atoms with van der Waals surface area (Å²) in [4.78, 5) is 27.2. The Hall–Kier alpha value is -2.05. The molecule has 0 saturated carbocycles. The molecule has 2 rings (SSSR count). The number of amides is 2. The molecule has 0 N–H and O–H groups in total. The minimum Gasteiger partial charge on any atom is -0.349 e. The van der Waals surface area contributed by atoms with Crippen LogP contribution in [0, 0.1) is 5.92 Å². The van der Waals surface area contributed by atoms with Gasteiger partial charge in [-0.2, -0.15) is 13.2 Å². The number of hydrogen-bond donors (Lipinski definition) is 0. The molecule has 1 heterocycles. The molecule has 1 atom stereocenters. The van der Waals surface area contributed by atoms with Crippen molar-refractivity contribution in [3.05, 3.63) is 35.4 Å². The number of likely N-dealkylation sites (tertiary alicyclic amines) is 1. The highest BCUT2D eigenvalue weighted by Crippen LogP contribution is 2.30. The second-order valence-corrected chi connectivity index (χ2v) is 7.37. The van der Waals surface area contributed by atoms with E-state index in [0.29, 0.717) is 25.1 Å². The van der Waals surface area contributed by atoms with E-state index in [0.717, 1.165) is 25.3 Å². The van der Waals surface area contributed by atoms with Gasteiger partial charge >= 0.3 is 6.18 Å². The van der Waals surface area contributed by atoms with Crippen molar-refractivity contribution in [3.8, 4) is 0 Å². The van der Waals surface area contributed by atoms with Crippen LogP contribution in [0.4, 0.5) is 13.2 Å². The molecule has 1 aliphatic rings. The topological polar surface area (TPSA) is 40.6 Å². The van der Waals surface area contributed by atoms with E-state index in [9.17, 15) is 22.8 Å². The lowest BCUT2D eigenvalue weighted by Crippen LogP contribution is -2.40. The molecule has 150 valence electrons. The second kappa shape index (κ2) is 9.24. The fraction of sp³-hybridized carbons (Fsp3) is 0.600. The first-order valence-corrected chi connectivity index (χ1v) is 9.31. The van der Waals surface area contributed by atoms with Gasteiger partial charge in [-0.25, -0.2) is 0 Å². The standard InChI is InChI=1S/C20H27F3N2O2/c1-24(2)18(26)10-11-19(27)25-12-4-6-16(14-25)9-8-15-5-3-7-17(13-15)20(21,22)23/h3,5,7,13,16H,4,6,8-12,14H2,1-2H3. The largest absolute Gasteiger partial charge is 0.416 e. The minimum atomic E-state index is -4.33. The Balaban J connectivity index is 1.84. The molecule has 0 radical (unpaired) electrons. The molecule has 1 aliphatic heterocycles. The maximum atomic E-state index is 12.8. The third-order valence-electron chi connectivity index (χ3n) is 5.02. The quantitative estimate of drug-likeness (QED) is 0.750. The number of alkyl halides is 3. The van der Waals surface area contributed by atoms with Gasteiger partial charge in [-0.1, -0.05) is 18.2 Å². The molecule has 4 nitrogen and oxygen atoms in total. The molecule has 1 unspecified atom stereocenters. The highest BCUT2D eigenvalue weighted by molar-refractivity contribution is 5.83. The van der Waals surface area contributed by atoms with Crippen molar-refractivity contribution in [1.29, 1.82) is 0 Å². The van der Waals surface area contributed by atoms with E-state index in [1.54, 1.807) is 25.1 Å². The van der Waals surface area contributed by atoms with E-state index in [1.165, 1.54) is 17.0 Å². The number of aryl methyl sites for hydroxylation is 1. The first-order valence-electron chi connectivity index (χ1n) is 9.31. The number of rotatable bonds is 6. The molecule has 1 aromatic carbocycles. The molecule has 2 amide bonds. The molecule has 1 aromatic rings. The maximum absolute atomic E-state index is 12.8. The first-order chi connectivity index (χ1) is 12.7. The van der Waals surface area contributed by atoms with Crippen LogP contribution >= 0.6 is 0 Å². The van der Waals surface area contributed by atoms with Gasteiger partial charge < -0.3 is 9.80 Å². The van der Waals surface area contributed by atoms with Crippen LogP contribution in [0.1, 0.15) is 43.2 Å². The third kappa shape index (κ3) is 6.56. The molecule has 0 aromatic heterocycles. The number of nitrogens with zero attached hydrogens (tertiary/aromatic N) is 2. The number of carbonyl (C=O) groups is 2. The van der Waals surface area contributed by atoms with Gasteiger partial charge in [0.25, 0.3) is 0 Å². The van der Waals surface area contributed by atoms with E-state index in [-0.39, 0.29) is 30.6 Å². The summed E-state index contributed by atoms with van der Waals surface area (Å²) in [6.45, 7) is 1.31. The Bertz CT molecular complexity index is 659. The Morgan fingerprint density at radius 2 is 1.96 bits per heavy atom. The van der Waals surface area contributed by atoms with Crippen LogP contribution in [-0.2, 0) is 22.2 Å². The zero-order valence-electron chi connectivity index (χ0n) is 15.9. The number of halogens is 3. The summed E-state index contributed by atoms with van der Waals surface area (Å²) in [6, 6.07) is 5.45. The highest BCUT2D eigenvalue weighted by Gasteiger charge is 2.30. The normalized spacial score (nSPS) is 17.7. The lowest BCUT2D eigenvalue weighted by atomic mass is 9.91. The van der Waals surface area contributed by atoms with Crippen LogP contribution < -0.4 is 0 Å². The summed E-state index contributed by atoms with van der Waals surface area (Å²) in [5.41, 5.74) is 0.0517. The van der Waals surface area contributed by atoms with Crippen LogP contribution in [0.15, 0.2) is 24.3 Å². The van der Waals surface area contributed by atoms with Gasteiger partial charge in [0.05, 0.1) is 5.56 Å². The zero-order valence-corrected chi connectivity index (χ0v) is 15.9. The molecular formula is C20H27F3N2O2. The average molecular weight is 384 g/mol. The number of benzene rings is 1. The van der Waals surface area contributed by atoms with E-state index < -0.39 is 11.7 Å². The lowest BCUT2D eigenvalue weighted by molar-refractivity contribution is -0.137. The molecule has 7 heteroatoms. The van der Waals surface area contributed by atoms with Gasteiger partial charge in [0.1, 0.15) is 0 Å². The SMILES string of the molecule is CN(C)C(=O)CCC(=O)N1CCCC(CCc2cccc(C(F)(F)F)c2)C1. The summed E-state index contributed by atoms with van der Waals surface area (Å²) in [5, 5.41) is 0. The molecular weight excluding hydrogens is 357 g/mol. The molecule has 0 aliphatic carbocycles. The lowest BCUT2D eigenvalue weighted by Gasteiger charge is -2.33. The molecule has 1 fully saturated rings. The third-order valence-corrected chi connectivity index (χ3v) is 5.02. The Labute approximate surface area is 158 Å². The van der Waals surface area contributed by atoms with Crippen molar-refractivity contribution < 1.29 is 22.8 Å². The van der Waals surface area contributed by atoms with Crippen LogP contribution in [0.3, 0.4) is 0 Å². The Morgan fingerprint density at radius 1 is 1.22 bits per heavy atom. The summed E-state index contributed by atoms with van der Waals surface area (Å²) in [5.74, 6) is 0.192. The predicted octanol–water partition coefficient (Wildman–Crippen LogP) is 3.75. The van der Waals surface area contributed by atoms with Gasteiger partial charge in [-0.15, -0.1) is 0 Å². The molecule has 27 heavy (non-hydrogen) atoms. The Morgan fingerprint density at radius 3 is 2.63 bits per heavy atom. The fourth-order valence-electron chi connectivity index (χ4n) is 3.40. The van der Waals surface area contributed by atoms with E-state index in [1.807, 2.05) is 0 Å². The number of piperidine rings is 1. The van der Waals surface area contributed by atoms with Gasteiger partial charge in [0, 0.05) is 40.0 Å². The minimum absolute atomic E-state index is 0.0195. The number of carbonyl (C=O) groups excluding carboxylic acids is 2. The molecule has 1 saturated heterocycles. The van der Waals surface area contributed by atoms with Crippen LogP contribution in [0.5, 0.6) is 0 Å². The predicted molar refractivity (Wildman–Crippen MR) is 97.0 cm³/mol. The van der Waals surface area contributed by atoms with Crippen molar-refractivity contribution >= 4 is 11.8 Å². The van der Waals surface area contributed by atoms with Gasteiger partial charge in [-0.05, 0) is 43.2 Å². The summed E-state index contributed by atoms with van der Waals surface area (Å²) < 4.78 is 38.4. The summed E-state index contributed by atoms with van der Waals surface area (Å²) in [6.07, 6.45) is -0.736. The van der Waals surface area contributed by atoms with Crippen molar-refractivity contribution in [2.75, 3.05) is 27.2 Å². The van der Waals surface area contributed by atoms with Crippen molar-refractivity contribution in [3.63, 3.8) is 0 Å². The smallest absolute Gasteiger partial charge is 0.349 e. The number of hydrogen-bond acceptors (Lipinski definition) is 2. The summed E-state index contributed by atoms with van der Waals surface area (Å²) in [7, 11) is 3.33. The van der Waals surface area contributed by atoms with Gasteiger partial charge in [0.2, 0.25) is 11.8 Å². The maximum Gasteiger partial charge on any atom is 0.416 e. The van der Waals surface area contributed by atoms with Crippen LogP contribution in [0.2, 0.25) is 0 Å². The van der Waals surface area contributed by atoms with E-state index >= 15 is 0 Å². The molecule has 0 bridgehead atoms. The van der Waals surface area contributed by atoms with Gasteiger partial charge in [0.15, 0.2) is 0 Å². The van der Waals surface area contributed by atoms with Crippen molar-refractivity contribution in [2.24, 2.45) is 5.92 Å². The first kappa shape index (κ1) is 21.3. The second-order valence-electron chi connectivity index (χ2n) is 7.37. The summed E-state index contributed by atoms with van der Waals surface area (Å²) >= 11 is 0. The van der Waals surface area contributed by atoms with Crippen LogP contribution in [0.25, 0.3) is 0 Å². The Kier molecular flexibility index (Phi) is 7.27. The molecule has 0 spiro atoms. The van der Waals surface area contributed by atoms with E-state index in [4.69, 9.17) is 0 Å². The van der Waals surface area contributed by atoms with Crippen molar-refractivity contribution in [1.82, 2.24) is 9.80 Å². The zero-order chi connectivity index (χ0) is 20.0. The fourth-order valence-corrected chi connectivity index (χ4v) is 3.40. The monoisotopic (exact) mass is 384 g/mol. The highest BCUT2D eigenvalue weighted by atomic mass is 19.4. The van der Waals surface area contributed by atoms with Crippen molar-refractivity contribution in [2.45, 2.75) is 44.7 Å². The average Bonchev–Trinajstić information content (AvgIpc) is 2.63. The van der Waals surface area contributed by atoms with E-state index in [2.05, 4.69) is 0 Å². The van der Waals surface area contributed by atoms with Gasteiger partial charge in [-0.3, -0.25) is 9.59 Å². The van der Waals surface area contributed by atoms with Crippen LogP contribution in [-0.4, -0.2) is 48.8 Å².